The van der Waals surface area contributed by atoms with E-state index < -0.39 is 0 Å². The summed E-state index contributed by atoms with van der Waals surface area (Å²) in [4.78, 5) is 0. The second-order valence-electron chi connectivity index (χ2n) is 3.47. The minimum Gasteiger partial charge on any atom is -0.655 e. The van der Waals surface area contributed by atoms with Gasteiger partial charge in [-0.1, -0.05) is 36.2 Å². The SMILES string of the molecule is [Al][O][Al][CH]1CCCc2ccccc21. The van der Waals surface area contributed by atoms with E-state index in [2.05, 4.69) is 40.9 Å². The van der Waals surface area contributed by atoms with Gasteiger partial charge in [0.15, 0.2) is 0 Å². The Balaban J connectivity index is 2.26. The third kappa shape index (κ3) is 2.19. The van der Waals surface area contributed by atoms with E-state index in [1.54, 1.807) is 0 Å². The molecule has 0 spiro atoms. The fourth-order valence-corrected chi connectivity index (χ4v) is 3.63. The molecular formula is C10H11Al2O. The van der Waals surface area contributed by atoms with Crippen LogP contribution in [0.3, 0.4) is 0 Å². The minimum absolute atomic E-state index is 0.112. The van der Waals surface area contributed by atoms with Gasteiger partial charge in [-0.25, -0.2) is 0 Å². The Morgan fingerprint density at radius 3 is 3.08 bits per heavy atom. The number of rotatable bonds is 2. The molecule has 1 aromatic carbocycles. The maximum atomic E-state index is 5.24. The van der Waals surface area contributed by atoms with Crippen molar-refractivity contribution in [3.8, 4) is 0 Å². The monoisotopic (exact) mass is 201 g/mol. The van der Waals surface area contributed by atoms with Crippen LogP contribution >= 0.6 is 0 Å². The van der Waals surface area contributed by atoms with Crippen LogP contribution in [0, 0.1) is 0 Å². The Kier molecular flexibility index (Phi) is 3.50. The molecule has 0 bridgehead atoms. The van der Waals surface area contributed by atoms with E-state index in [1.165, 1.54) is 30.4 Å². The van der Waals surface area contributed by atoms with Gasteiger partial charge in [-0.05, 0) is 23.2 Å². The first-order valence-electron chi connectivity index (χ1n) is 4.68. The maximum Gasteiger partial charge on any atom is 0.398 e. The summed E-state index contributed by atoms with van der Waals surface area (Å²) in [6, 6.07) is 8.79. The summed E-state index contributed by atoms with van der Waals surface area (Å²) >= 11 is 2.49. The molecule has 63 valence electrons. The third-order valence-corrected chi connectivity index (χ3v) is 4.31. The Bertz CT molecular complexity index is 288. The molecule has 0 fully saturated rings. The summed E-state index contributed by atoms with van der Waals surface area (Å²) in [5.41, 5.74) is 3.07. The number of hydrogen-bond acceptors (Lipinski definition) is 1. The average Bonchev–Trinajstić information content (AvgIpc) is 2.19. The van der Waals surface area contributed by atoms with Gasteiger partial charge in [0.05, 0.1) is 0 Å². The molecule has 0 N–H and O–H groups in total. The topological polar surface area (TPSA) is 9.23 Å². The largest absolute Gasteiger partial charge is 0.655 e. The molecule has 0 saturated heterocycles. The summed E-state index contributed by atoms with van der Waals surface area (Å²) in [6.45, 7) is 0. The highest BCUT2D eigenvalue weighted by Gasteiger charge is 2.20. The van der Waals surface area contributed by atoms with Crippen molar-refractivity contribution in [2.45, 2.75) is 24.0 Å². The van der Waals surface area contributed by atoms with Gasteiger partial charge in [-0.2, -0.15) is 0 Å². The van der Waals surface area contributed by atoms with Crippen LogP contribution in [0.1, 0.15) is 28.7 Å². The van der Waals surface area contributed by atoms with Gasteiger partial charge in [0.1, 0.15) is 0 Å². The maximum absolute atomic E-state index is 5.24. The molecule has 3 radical (unpaired) electrons. The van der Waals surface area contributed by atoms with Crippen LogP contribution in [-0.4, -0.2) is 32.2 Å². The molecule has 13 heavy (non-hydrogen) atoms. The van der Waals surface area contributed by atoms with Gasteiger partial charge in [0.25, 0.3) is 0 Å². The average molecular weight is 201 g/mol. The smallest absolute Gasteiger partial charge is 0.398 e. The van der Waals surface area contributed by atoms with Crippen molar-refractivity contribution in [1.29, 1.82) is 0 Å². The van der Waals surface area contributed by atoms with E-state index in [4.69, 9.17) is 2.84 Å². The zero-order valence-corrected chi connectivity index (χ0v) is 9.88. The van der Waals surface area contributed by atoms with Gasteiger partial charge in [-0.3, -0.25) is 0 Å². The van der Waals surface area contributed by atoms with Crippen molar-refractivity contribution >= 4 is 32.2 Å². The minimum atomic E-state index is 0.112. The van der Waals surface area contributed by atoms with E-state index in [1.807, 2.05) is 0 Å². The van der Waals surface area contributed by atoms with Crippen molar-refractivity contribution < 1.29 is 2.84 Å². The molecule has 1 aliphatic rings. The molecule has 1 aromatic rings. The predicted octanol–water partition coefficient (Wildman–Crippen LogP) is 1.78. The van der Waals surface area contributed by atoms with Gasteiger partial charge in [-0.15, -0.1) is 0 Å². The molecule has 0 saturated carbocycles. The molecule has 1 aliphatic carbocycles. The lowest BCUT2D eigenvalue weighted by molar-refractivity contribution is 0.588. The molecule has 3 heteroatoms. The summed E-state index contributed by atoms with van der Waals surface area (Å²) < 4.78 is 5.93. The second-order valence-corrected chi connectivity index (χ2v) is 5.64. The summed E-state index contributed by atoms with van der Waals surface area (Å²) in [5, 5.41) is 0. The molecular weight excluding hydrogens is 190 g/mol. The quantitative estimate of drug-likeness (QED) is 0.663. The van der Waals surface area contributed by atoms with E-state index in [9.17, 15) is 0 Å². The number of fused-ring (bicyclic) bond motifs is 1. The number of aryl methyl sites for hydroxylation is 1. The lowest BCUT2D eigenvalue weighted by Gasteiger charge is -2.24. The lowest BCUT2D eigenvalue weighted by Crippen LogP contribution is -2.17. The van der Waals surface area contributed by atoms with Crippen molar-refractivity contribution in [3.05, 3.63) is 35.4 Å². The van der Waals surface area contributed by atoms with E-state index in [0.29, 0.717) is 4.78 Å². The highest BCUT2D eigenvalue weighted by Crippen LogP contribution is 2.30. The molecule has 2 rings (SSSR count). The molecule has 0 aliphatic heterocycles. The first-order valence-corrected chi connectivity index (χ1v) is 6.29. The highest BCUT2D eigenvalue weighted by molar-refractivity contribution is 6.36. The van der Waals surface area contributed by atoms with Gasteiger partial charge in [0.2, 0.25) is 0 Å². The summed E-state index contributed by atoms with van der Waals surface area (Å²) in [5.74, 6) is 0. The number of benzene rings is 1. The Morgan fingerprint density at radius 1 is 1.38 bits per heavy atom. The molecule has 0 aromatic heterocycles. The molecule has 1 atom stereocenters. The summed E-state index contributed by atoms with van der Waals surface area (Å²) in [7, 11) is 0. The van der Waals surface area contributed by atoms with Crippen LogP contribution in [0.5, 0.6) is 0 Å². The van der Waals surface area contributed by atoms with Gasteiger partial charge in [0, 0.05) is 0 Å². The molecule has 0 amide bonds. The van der Waals surface area contributed by atoms with Crippen molar-refractivity contribution in [3.63, 3.8) is 0 Å². The lowest BCUT2D eigenvalue weighted by atomic mass is 9.91. The normalized spacial score (nSPS) is 20.8. The van der Waals surface area contributed by atoms with E-state index >= 15 is 0 Å². The predicted molar refractivity (Wildman–Crippen MR) is 54.7 cm³/mol. The molecule has 0 heterocycles. The van der Waals surface area contributed by atoms with Crippen LogP contribution in [0.15, 0.2) is 24.3 Å². The first-order chi connectivity index (χ1) is 6.42. The zero-order valence-electron chi connectivity index (χ0n) is 7.57. The van der Waals surface area contributed by atoms with Crippen LogP contribution < -0.4 is 0 Å². The first kappa shape index (κ1) is 9.79. The van der Waals surface area contributed by atoms with Crippen LogP contribution in [0.2, 0.25) is 0 Å². The van der Waals surface area contributed by atoms with E-state index in [-0.39, 0.29) is 15.6 Å². The van der Waals surface area contributed by atoms with Crippen LogP contribution in [-0.2, 0) is 9.26 Å². The fourth-order valence-electron chi connectivity index (χ4n) is 2.03. The van der Waals surface area contributed by atoms with Gasteiger partial charge >= 0.3 is 32.2 Å². The second kappa shape index (κ2) is 4.65. The van der Waals surface area contributed by atoms with Crippen molar-refractivity contribution in [1.82, 2.24) is 0 Å². The molecule has 1 unspecified atom stereocenters. The van der Waals surface area contributed by atoms with Crippen LogP contribution in [0.25, 0.3) is 0 Å². The summed E-state index contributed by atoms with van der Waals surface area (Å²) in [6.07, 6.45) is 3.88. The Hall–Kier alpha value is 0.245. The Morgan fingerprint density at radius 2 is 2.23 bits per heavy atom. The fraction of sp³-hybridized carbons (Fsp3) is 0.400. The van der Waals surface area contributed by atoms with E-state index in [0.717, 1.165) is 0 Å². The standard InChI is InChI=1S/C10H11.2Al.O/c1-2-6-10-8-4-3-7-9(10)5-1;;;/h1-2,5-7H,3-4,8H2;;;. The van der Waals surface area contributed by atoms with Gasteiger partial charge < -0.3 is 2.84 Å². The third-order valence-electron chi connectivity index (χ3n) is 2.66. The zero-order chi connectivity index (χ0) is 9.10. The number of hydrogen-bond donors (Lipinski definition) is 0. The van der Waals surface area contributed by atoms with Crippen molar-refractivity contribution in [2.24, 2.45) is 0 Å². The van der Waals surface area contributed by atoms with Crippen LogP contribution in [0.4, 0.5) is 0 Å². The Labute approximate surface area is 94.3 Å². The van der Waals surface area contributed by atoms with Crippen molar-refractivity contribution in [2.75, 3.05) is 0 Å². The molecule has 1 nitrogen and oxygen atoms in total. The highest BCUT2D eigenvalue weighted by atomic mass is 27.2.